The number of rotatable bonds is 2. The Kier molecular flexibility index (Phi) is 2.84. The molecule has 2 aromatic rings. The van der Waals surface area contributed by atoms with Gasteiger partial charge in [-0.2, -0.15) is 5.10 Å². The average Bonchev–Trinajstić information content (AvgIpc) is 2.81. The van der Waals surface area contributed by atoms with Crippen molar-refractivity contribution in [3.05, 3.63) is 18.3 Å². The molecular formula is C13H16N6O. The molecule has 0 N–H and O–H groups in total. The lowest BCUT2D eigenvalue weighted by Gasteiger charge is -2.29. The van der Waals surface area contributed by atoms with Crippen LogP contribution in [0, 0.1) is 0 Å². The van der Waals surface area contributed by atoms with E-state index in [-0.39, 0.29) is 0 Å². The molecule has 0 spiro atoms. The van der Waals surface area contributed by atoms with Crippen LogP contribution in [-0.2, 0) is 0 Å². The Hall–Kier alpha value is -2.02. The molecule has 0 aromatic carbocycles. The first-order valence-corrected chi connectivity index (χ1v) is 7.01. The van der Waals surface area contributed by atoms with Gasteiger partial charge in [0.25, 0.3) is 5.89 Å². The summed E-state index contributed by atoms with van der Waals surface area (Å²) < 4.78 is 5.80. The van der Waals surface area contributed by atoms with Crippen LogP contribution in [0.25, 0.3) is 11.6 Å². The fourth-order valence-corrected chi connectivity index (χ4v) is 2.99. The van der Waals surface area contributed by atoms with Crippen LogP contribution in [0.4, 0.5) is 6.01 Å². The molecule has 104 valence electrons. The summed E-state index contributed by atoms with van der Waals surface area (Å²) in [6.07, 6.45) is 3.97. The molecule has 0 saturated carbocycles. The van der Waals surface area contributed by atoms with Crippen LogP contribution in [0.1, 0.15) is 12.8 Å². The Morgan fingerprint density at radius 2 is 1.95 bits per heavy atom. The first kappa shape index (κ1) is 11.8. The zero-order valence-corrected chi connectivity index (χ0v) is 11.1. The van der Waals surface area contributed by atoms with Crippen LogP contribution in [0.15, 0.2) is 22.7 Å². The highest BCUT2D eigenvalue weighted by Crippen LogP contribution is 2.27. The van der Waals surface area contributed by atoms with Gasteiger partial charge >= 0.3 is 6.01 Å². The fraction of sp³-hybridized carbons (Fsp3) is 0.538. The van der Waals surface area contributed by atoms with Gasteiger partial charge < -0.3 is 14.2 Å². The molecule has 3 aliphatic rings. The minimum Gasteiger partial charge on any atom is -0.401 e. The van der Waals surface area contributed by atoms with Gasteiger partial charge in [-0.3, -0.25) is 0 Å². The maximum Gasteiger partial charge on any atom is 0.318 e. The number of aromatic nitrogens is 4. The van der Waals surface area contributed by atoms with Crippen molar-refractivity contribution >= 4 is 6.01 Å². The highest BCUT2D eigenvalue weighted by Gasteiger charge is 2.31. The van der Waals surface area contributed by atoms with Crippen molar-refractivity contribution in [1.29, 1.82) is 0 Å². The molecule has 20 heavy (non-hydrogen) atoms. The van der Waals surface area contributed by atoms with Crippen molar-refractivity contribution in [2.45, 2.75) is 18.9 Å². The minimum absolute atomic E-state index is 0.437. The average molecular weight is 272 g/mol. The summed E-state index contributed by atoms with van der Waals surface area (Å²) in [5, 5.41) is 16.1. The molecule has 0 radical (unpaired) electrons. The molecule has 5 heterocycles. The highest BCUT2D eigenvalue weighted by molar-refractivity contribution is 5.46. The lowest BCUT2D eigenvalue weighted by Crippen LogP contribution is -2.38. The van der Waals surface area contributed by atoms with Gasteiger partial charge in [0, 0.05) is 38.4 Å². The number of anilines is 1. The van der Waals surface area contributed by atoms with Gasteiger partial charge in [0.2, 0.25) is 0 Å². The molecular weight excluding hydrogens is 256 g/mol. The van der Waals surface area contributed by atoms with Crippen molar-refractivity contribution in [2.24, 2.45) is 0 Å². The Balaban J connectivity index is 1.61. The van der Waals surface area contributed by atoms with Crippen molar-refractivity contribution in [2.75, 3.05) is 31.1 Å². The van der Waals surface area contributed by atoms with Crippen LogP contribution in [0.5, 0.6) is 0 Å². The Labute approximate surface area is 116 Å². The third kappa shape index (κ3) is 2.03. The van der Waals surface area contributed by atoms with Gasteiger partial charge in [-0.15, -0.1) is 10.2 Å². The molecule has 0 unspecified atom stereocenters. The first-order chi connectivity index (χ1) is 9.90. The predicted molar refractivity (Wildman–Crippen MR) is 72.1 cm³/mol. The second kappa shape index (κ2) is 4.82. The molecule has 3 aliphatic heterocycles. The minimum atomic E-state index is 0.437. The molecule has 0 aliphatic carbocycles. The monoisotopic (exact) mass is 272 g/mol. The lowest BCUT2D eigenvalue weighted by atomic mass is 10.1. The SMILES string of the molecule is c1cnnc(-c2nnc(N3CCN4CCC3CC4)o2)c1. The molecule has 3 fully saturated rings. The van der Waals surface area contributed by atoms with Gasteiger partial charge in [-0.05, 0) is 25.0 Å². The zero-order valence-electron chi connectivity index (χ0n) is 11.1. The lowest BCUT2D eigenvalue weighted by molar-refractivity contribution is 0.249. The van der Waals surface area contributed by atoms with E-state index in [0.29, 0.717) is 23.6 Å². The number of piperidine rings is 1. The summed E-state index contributed by atoms with van der Waals surface area (Å²) in [6, 6.07) is 4.76. The van der Waals surface area contributed by atoms with Crippen molar-refractivity contribution in [3.63, 3.8) is 0 Å². The van der Waals surface area contributed by atoms with E-state index in [1.54, 1.807) is 6.20 Å². The molecule has 7 nitrogen and oxygen atoms in total. The second-order valence-corrected chi connectivity index (χ2v) is 5.26. The Morgan fingerprint density at radius 3 is 2.75 bits per heavy atom. The summed E-state index contributed by atoms with van der Waals surface area (Å²) in [7, 11) is 0. The van der Waals surface area contributed by atoms with E-state index in [1.165, 1.54) is 25.9 Å². The smallest absolute Gasteiger partial charge is 0.318 e. The van der Waals surface area contributed by atoms with Crippen LogP contribution >= 0.6 is 0 Å². The number of nitrogens with zero attached hydrogens (tertiary/aromatic N) is 6. The Morgan fingerprint density at radius 1 is 1.05 bits per heavy atom. The van der Waals surface area contributed by atoms with Gasteiger partial charge in [-0.1, -0.05) is 5.10 Å². The predicted octanol–water partition coefficient (Wildman–Crippen LogP) is 0.811. The highest BCUT2D eigenvalue weighted by atomic mass is 16.4. The van der Waals surface area contributed by atoms with Gasteiger partial charge in [0.1, 0.15) is 5.69 Å². The Bertz CT molecular complexity index is 578. The standard InChI is InChI=1S/C13H16N6O/c1-2-11(15-14-5-1)12-16-17-13(20-12)19-9-8-18-6-3-10(19)4-7-18/h1-2,5,10H,3-4,6-9H2. The van der Waals surface area contributed by atoms with Crippen molar-refractivity contribution < 1.29 is 4.42 Å². The van der Waals surface area contributed by atoms with E-state index in [0.717, 1.165) is 13.1 Å². The molecule has 3 saturated heterocycles. The quantitative estimate of drug-likeness (QED) is 0.801. The van der Waals surface area contributed by atoms with Crippen LogP contribution in [-0.4, -0.2) is 57.5 Å². The van der Waals surface area contributed by atoms with E-state index < -0.39 is 0 Å². The molecule has 2 bridgehead atoms. The maximum absolute atomic E-state index is 5.80. The molecule has 5 rings (SSSR count). The number of fused-ring (bicyclic) bond motifs is 4. The van der Waals surface area contributed by atoms with E-state index in [4.69, 9.17) is 4.42 Å². The van der Waals surface area contributed by atoms with Gasteiger partial charge in [0.15, 0.2) is 0 Å². The third-order valence-corrected chi connectivity index (χ3v) is 4.11. The number of hydrogen-bond donors (Lipinski definition) is 0. The second-order valence-electron chi connectivity index (χ2n) is 5.26. The van der Waals surface area contributed by atoms with E-state index in [9.17, 15) is 0 Å². The summed E-state index contributed by atoms with van der Waals surface area (Å²) in [4.78, 5) is 4.75. The van der Waals surface area contributed by atoms with Crippen molar-refractivity contribution in [3.8, 4) is 11.6 Å². The molecule has 7 heteroatoms. The maximum atomic E-state index is 5.80. The largest absolute Gasteiger partial charge is 0.401 e. The summed E-state index contributed by atoms with van der Waals surface area (Å²) in [6.45, 7) is 4.37. The summed E-state index contributed by atoms with van der Waals surface area (Å²) in [5.74, 6) is 0.437. The first-order valence-electron chi connectivity index (χ1n) is 7.01. The van der Waals surface area contributed by atoms with Crippen LogP contribution in [0.2, 0.25) is 0 Å². The molecule has 0 amide bonds. The zero-order chi connectivity index (χ0) is 13.4. The van der Waals surface area contributed by atoms with Crippen LogP contribution < -0.4 is 4.90 Å². The van der Waals surface area contributed by atoms with Crippen LogP contribution in [0.3, 0.4) is 0 Å². The fourth-order valence-electron chi connectivity index (χ4n) is 2.99. The normalized spacial score (nSPS) is 25.7. The van der Waals surface area contributed by atoms with Crippen molar-refractivity contribution in [1.82, 2.24) is 25.3 Å². The molecule has 2 aromatic heterocycles. The third-order valence-electron chi connectivity index (χ3n) is 4.11. The number of hydrogen-bond acceptors (Lipinski definition) is 7. The van der Waals surface area contributed by atoms with E-state index in [1.807, 2.05) is 12.1 Å². The summed E-state index contributed by atoms with van der Waals surface area (Å²) >= 11 is 0. The van der Waals surface area contributed by atoms with Gasteiger partial charge in [0.05, 0.1) is 0 Å². The summed E-state index contributed by atoms with van der Waals surface area (Å²) in [5.41, 5.74) is 0.620. The topological polar surface area (TPSA) is 71.2 Å². The van der Waals surface area contributed by atoms with E-state index >= 15 is 0 Å². The molecule has 0 atom stereocenters. The van der Waals surface area contributed by atoms with E-state index in [2.05, 4.69) is 30.2 Å². The van der Waals surface area contributed by atoms with Gasteiger partial charge in [-0.25, -0.2) is 0 Å².